The zero-order valence-corrected chi connectivity index (χ0v) is 26.0. The molecule has 0 aromatic heterocycles. The second-order valence-electron chi connectivity index (χ2n) is 11.6. The van der Waals surface area contributed by atoms with Crippen LogP contribution < -0.4 is 20.7 Å². The molecule has 2 aromatic carbocycles. The molecule has 0 spiro atoms. The molecule has 1 unspecified atom stereocenters. The first kappa shape index (κ1) is 33.4. The highest BCUT2D eigenvalue weighted by Crippen LogP contribution is 2.21. The van der Waals surface area contributed by atoms with E-state index in [-0.39, 0.29) is 24.2 Å². The van der Waals surface area contributed by atoms with Crippen molar-refractivity contribution in [2.45, 2.75) is 77.1 Å². The van der Waals surface area contributed by atoms with Crippen LogP contribution in [-0.2, 0) is 27.2 Å². The van der Waals surface area contributed by atoms with Gasteiger partial charge in [-0.15, -0.1) is 0 Å². The Hall–Kier alpha value is -3.14. The first-order valence-corrected chi connectivity index (χ1v) is 15.1. The number of aliphatic hydroxyl groups is 1. The molecular formula is C32H45ClN4O5. The van der Waals surface area contributed by atoms with E-state index in [2.05, 4.69) is 16.0 Å². The van der Waals surface area contributed by atoms with Crippen LogP contribution in [0.15, 0.2) is 48.5 Å². The Bertz CT molecular complexity index is 1200. The Labute approximate surface area is 254 Å². The highest BCUT2D eigenvalue weighted by Gasteiger charge is 2.42. The molecule has 1 heterocycles. The lowest BCUT2D eigenvalue weighted by molar-refractivity contribution is -0.150. The van der Waals surface area contributed by atoms with E-state index in [0.29, 0.717) is 37.6 Å². The molecular weight excluding hydrogens is 556 g/mol. The van der Waals surface area contributed by atoms with Crippen molar-refractivity contribution in [3.8, 4) is 5.75 Å². The first-order valence-electron chi connectivity index (χ1n) is 14.7. The summed E-state index contributed by atoms with van der Waals surface area (Å²) in [6, 6.07) is 12.1. The summed E-state index contributed by atoms with van der Waals surface area (Å²) in [4.78, 5) is 42.3. The van der Waals surface area contributed by atoms with E-state index in [9.17, 15) is 19.5 Å². The lowest BCUT2D eigenvalue weighted by Crippen LogP contribution is -2.64. The molecule has 3 rings (SSSR count). The Balaban J connectivity index is 1.96. The van der Waals surface area contributed by atoms with Gasteiger partial charge in [-0.3, -0.25) is 14.4 Å². The van der Waals surface area contributed by atoms with Crippen molar-refractivity contribution < 1.29 is 24.2 Å². The Morgan fingerprint density at radius 2 is 1.76 bits per heavy atom. The van der Waals surface area contributed by atoms with Crippen molar-refractivity contribution in [3.05, 3.63) is 64.7 Å². The van der Waals surface area contributed by atoms with Crippen LogP contribution >= 0.6 is 11.6 Å². The number of hydrogen-bond acceptors (Lipinski definition) is 6. The summed E-state index contributed by atoms with van der Waals surface area (Å²) in [7, 11) is 1.51. The van der Waals surface area contributed by atoms with Gasteiger partial charge in [0.15, 0.2) is 0 Å². The van der Waals surface area contributed by atoms with Crippen molar-refractivity contribution in [2.24, 2.45) is 5.92 Å². The van der Waals surface area contributed by atoms with Crippen molar-refractivity contribution in [1.82, 2.24) is 20.9 Å². The topological polar surface area (TPSA) is 120 Å². The van der Waals surface area contributed by atoms with Crippen LogP contribution in [0.5, 0.6) is 5.75 Å². The number of para-hydroxylation sites is 1. The molecule has 4 atom stereocenters. The molecule has 10 heteroatoms. The van der Waals surface area contributed by atoms with E-state index >= 15 is 0 Å². The van der Waals surface area contributed by atoms with Gasteiger partial charge in [0.05, 0.1) is 11.6 Å². The summed E-state index contributed by atoms with van der Waals surface area (Å²) < 4.78 is 6.07. The molecule has 3 amide bonds. The molecule has 1 aliphatic rings. The summed E-state index contributed by atoms with van der Waals surface area (Å²) in [5, 5.41) is 20.8. The molecule has 2 aromatic rings. The third-order valence-corrected chi connectivity index (χ3v) is 7.99. The average molecular weight is 601 g/mol. The molecule has 0 saturated heterocycles. The molecule has 0 fully saturated rings. The van der Waals surface area contributed by atoms with Gasteiger partial charge in [0, 0.05) is 31.6 Å². The summed E-state index contributed by atoms with van der Waals surface area (Å²) in [6.07, 6.45) is 2.30. The largest absolute Gasteiger partial charge is 0.492 e. The molecule has 42 heavy (non-hydrogen) atoms. The number of likely N-dealkylation sites (N-methyl/N-ethyl adjacent to an activating group) is 1. The zero-order valence-electron chi connectivity index (χ0n) is 25.3. The van der Waals surface area contributed by atoms with E-state index in [1.54, 1.807) is 24.3 Å². The molecule has 4 N–H and O–H groups in total. The van der Waals surface area contributed by atoms with E-state index in [1.165, 1.54) is 25.8 Å². The van der Waals surface area contributed by atoms with Crippen LogP contribution in [0.25, 0.3) is 0 Å². The number of benzene rings is 2. The van der Waals surface area contributed by atoms with Crippen molar-refractivity contribution in [2.75, 3.05) is 26.7 Å². The van der Waals surface area contributed by atoms with Gasteiger partial charge in [0.1, 0.15) is 24.4 Å². The van der Waals surface area contributed by atoms with Gasteiger partial charge in [-0.1, -0.05) is 62.2 Å². The Kier molecular flexibility index (Phi) is 12.2. The highest BCUT2D eigenvalue weighted by molar-refractivity contribution is 6.30. The zero-order chi connectivity index (χ0) is 30.9. The van der Waals surface area contributed by atoms with Crippen LogP contribution in [-0.4, -0.2) is 78.2 Å². The number of carbonyl (C=O) groups is 3. The summed E-state index contributed by atoms with van der Waals surface area (Å²) in [5.41, 5.74) is 0.239. The third kappa shape index (κ3) is 9.18. The predicted molar refractivity (Wildman–Crippen MR) is 164 cm³/mol. The fraction of sp³-hybridized carbons (Fsp3) is 0.531. The summed E-state index contributed by atoms with van der Waals surface area (Å²) >= 11 is 6.05. The minimum Gasteiger partial charge on any atom is -0.492 e. The number of rotatable bonds is 5. The lowest BCUT2D eigenvalue weighted by Gasteiger charge is -2.39. The normalized spacial score (nSPS) is 22.6. The molecule has 9 nitrogen and oxygen atoms in total. The third-order valence-electron chi connectivity index (χ3n) is 7.74. The number of fused-ring (bicyclic) bond motifs is 1. The van der Waals surface area contributed by atoms with Gasteiger partial charge in [0.2, 0.25) is 17.7 Å². The van der Waals surface area contributed by atoms with Crippen LogP contribution in [0.3, 0.4) is 0 Å². The van der Waals surface area contributed by atoms with Crippen molar-refractivity contribution in [1.29, 1.82) is 0 Å². The molecule has 0 aliphatic carbocycles. The van der Waals surface area contributed by atoms with Gasteiger partial charge in [0.25, 0.3) is 0 Å². The number of hydrogen-bond donors (Lipinski definition) is 4. The van der Waals surface area contributed by atoms with Gasteiger partial charge < -0.3 is 30.7 Å². The maximum absolute atomic E-state index is 13.8. The summed E-state index contributed by atoms with van der Waals surface area (Å²) in [5.74, 6) is -0.579. The minimum atomic E-state index is -1.59. The first-order chi connectivity index (χ1) is 19.9. The van der Waals surface area contributed by atoms with Crippen molar-refractivity contribution in [3.63, 3.8) is 0 Å². The number of aryl methyl sites for hydroxylation is 1. The van der Waals surface area contributed by atoms with Crippen LogP contribution in [0, 0.1) is 5.92 Å². The monoisotopic (exact) mass is 600 g/mol. The van der Waals surface area contributed by atoms with E-state index in [0.717, 1.165) is 23.3 Å². The second-order valence-corrected chi connectivity index (χ2v) is 12.0. The van der Waals surface area contributed by atoms with E-state index in [4.69, 9.17) is 16.3 Å². The lowest BCUT2D eigenvalue weighted by atomic mass is 9.92. The second kappa shape index (κ2) is 15.4. The highest BCUT2D eigenvalue weighted by atomic mass is 35.5. The minimum absolute atomic E-state index is 0.0493. The maximum atomic E-state index is 13.8. The number of ether oxygens (including phenoxy) is 1. The average Bonchev–Trinajstić information content (AvgIpc) is 2.94. The smallest absolute Gasteiger partial charge is 0.246 e. The molecule has 230 valence electrons. The predicted octanol–water partition coefficient (Wildman–Crippen LogP) is 3.11. The van der Waals surface area contributed by atoms with Gasteiger partial charge in [-0.25, -0.2) is 0 Å². The standard InChI is InChI=1S/C32H45ClN4O5/c1-6-21(2)27-31(40)37(5)28(32(3,4)41)30(39)36-25(20-22-13-15-24(33)16-14-22)29(38)35-17-9-11-23-10-7-8-12-26(23)42-19-18-34-27/h7-8,10,12-16,21,25,27-28,34,41H,6,9,11,17-20H2,1-5H3,(H,35,38)(H,36,39)/t21?,25-,27+,28-/m1/s1. The van der Waals surface area contributed by atoms with E-state index in [1.807, 2.05) is 38.1 Å². The molecule has 0 bridgehead atoms. The molecule has 0 radical (unpaired) electrons. The maximum Gasteiger partial charge on any atom is 0.246 e. The SMILES string of the molecule is CCC(C)[C@@H]1NCCOc2ccccc2CCCNC(=O)[C@@H](Cc2ccc(Cl)cc2)NC(=O)[C@H](C(C)(C)O)N(C)C1=O. The number of carbonyl (C=O) groups excluding carboxylic acids is 3. The van der Waals surface area contributed by atoms with Crippen LogP contribution in [0.1, 0.15) is 51.7 Å². The fourth-order valence-electron chi connectivity index (χ4n) is 5.24. The number of nitrogens with one attached hydrogen (secondary N) is 3. The number of halogens is 1. The Morgan fingerprint density at radius 3 is 2.43 bits per heavy atom. The van der Waals surface area contributed by atoms with Gasteiger partial charge in [-0.2, -0.15) is 0 Å². The van der Waals surface area contributed by atoms with Gasteiger partial charge in [-0.05, 0) is 61.9 Å². The number of nitrogens with zero attached hydrogens (tertiary/aromatic N) is 1. The molecule has 1 aliphatic heterocycles. The quantitative estimate of drug-likeness (QED) is 0.419. The number of amides is 3. The van der Waals surface area contributed by atoms with Gasteiger partial charge >= 0.3 is 0 Å². The van der Waals surface area contributed by atoms with Crippen LogP contribution in [0.4, 0.5) is 0 Å². The van der Waals surface area contributed by atoms with Crippen LogP contribution in [0.2, 0.25) is 5.02 Å². The van der Waals surface area contributed by atoms with Crippen molar-refractivity contribution >= 4 is 29.3 Å². The molecule has 0 saturated carbocycles. The summed E-state index contributed by atoms with van der Waals surface area (Å²) in [6.45, 7) is 8.10. The van der Waals surface area contributed by atoms with E-state index < -0.39 is 29.6 Å². The fourth-order valence-corrected chi connectivity index (χ4v) is 5.37. The Morgan fingerprint density at radius 1 is 1.07 bits per heavy atom.